The van der Waals surface area contributed by atoms with Crippen LogP contribution in [-0.2, 0) is 14.3 Å². The minimum Gasteiger partial charge on any atom is -0.454 e. The Balaban J connectivity index is 1.85. The fourth-order valence-electron chi connectivity index (χ4n) is 2.02. The third kappa shape index (κ3) is 5.94. The third-order valence-electron chi connectivity index (χ3n) is 3.37. The van der Waals surface area contributed by atoms with Crippen LogP contribution in [0.25, 0.3) is 0 Å². The van der Waals surface area contributed by atoms with Gasteiger partial charge in [0.2, 0.25) is 0 Å². The second kappa shape index (κ2) is 9.34. The van der Waals surface area contributed by atoms with E-state index in [9.17, 15) is 18.8 Å². The highest BCUT2D eigenvalue weighted by molar-refractivity contribution is 6.33. The molecule has 0 bridgehead atoms. The molecule has 2 aromatic rings. The van der Waals surface area contributed by atoms with Crippen LogP contribution in [0, 0.1) is 5.82 Å². The molecule has 0 saturated carbocycles. The molecule has 2 aromatic carbocycles. The molecule has 9 heteroatoms. The van der Waals surface area contributed by atoms with Gasteiger partial charge in [0.15, 0.2) is 6.61 Å². The first-order valence-electron chi connectivity index (χ1n) is 7.75. The van der Waals surface area contributed by atoms with Crippen molar-refractivity contribution in [1.29, 1.82) is 0 Å². The van der Waals surface area contributed by atoms with E-state index >= 15 is 0 Å². The fraction of sp³-hybridized carbons (Fsp3) is 0.167. The standard InChI is InChI=1S/C18H15Cl2FN2O4/c1-10(22-17(25)12-4-2-3-5-13(12)20)18(26)27-9-16(24)23-15-8-11(19)6-7-14(15)21/h2-8,10H,9H2,1H3,(H,22,25)(H,23,24)/t10-/m0/s1. The van der Waals surface area contributed by atoms with E-state index in [1.807, 2.05) is 0 Å². The predicted octanol–water partition coefficient (Wildman–Crippen LogP) is 3.43. The number of carbonyl (C=O) groups excluding carboxylic acids is 3. The summed E-state index contributed by atoms with van der Waals surface area (Å²) in [6.07, 6.45) is 0. The number of hydrogen-bond donors (Lipinski definition) is 2. The molecule has 0 aliphatic rings. The second-order valence-electron chi connectivity index (χ2n) is 5.46. The van der Waals surface area contributed by atoms with Gasteiger partial charge in [-0.25, -0.2) is 9.18 Å². The predicted molar refractivity (Wildman–Crippen MR) is 99.4 cm³/mol. The van der Waals surface area contributed by atoms with E-state index in [0.29, 0.717) is 0 Å². The average molecular weight is 413 g/mol. The minimum atomic E-state index is -1.02. The topological polar surface area (TPSA) is 84.5 Å². The summed E-state index contributed by atoms with van der Waals surface area (Å²) in [5.41, 5.74) is 0.0663. The summed E-state index contributed by atoms with van der Waals surface area (Å²) in [5.74, 6) is -2.83. The van der Waals surface area contributed by atoms with Gasteiger partial charge in [-0.2, -0.15) is 0 Å². The molecule has 0 spiro atoms. The van der Waals surface area contributed by atoms with Crippen LogP contribution in [0.3, 0.4) is 0 Å². The molecular weight excluding hydrogens is 398 g/mol. The van der Waals surface area contributed by atoms with Gasteiger partial charge in [0.1, 0.15) is 11.9 Å². The average Bonchev–Trinajstić information content (AvgIpc) is 2.63. The van der Waals surface area contributed by atoms with E-state index in [-0.39, 0.29) is 21.3 Å². The highest BCUT2D eigenvalue weighted by atomic mass is 35.5. The van der Waals surface area contributed by atoms with Gasteiger partial charge in [0, 0.05) is 5.02 Å². The van der Waals surface area contributed by atoms with Crippen LogP contribution in [0.1, 0.15) is 17.3 Å². The summed E-state index contributed by atoms with van der Waals surface area (Å²) < 4.78 is 18.4. The van der Waals surface area contributed by atoms with Gasteiger partial charge in [-0.3, -0.25) is 9.59 Å². The first-order chi connectivity index (χ1) is 12.8. The number of carbonyl (C=O) groups is 3. The van der Waals surface area contributed by atoms with Gasteiger partial charge in [-0.15, -0.1) is 0 Å². The van der Waals surface area contributed by atoms with Crippen molar-refractivity contribution in [3.05, 3.63) is 63.9 Å². The van der Waals surface area contributed by atoms with E-state index in [1.54, 1.807) is 18.2 Å². The van der Waals surface area contributed by atoms with Crippen molar-refractivity contribution in [2.45, 2.75) is 13.0 Å². The van der Waals surface area contributed by atoms with Crippen LogP contribution in [-0.4, -0.2) is 30.4 Å². The van der Waals surface area contributed by atoms with Crippen molar-refractivity contribution in [3.8, 4) is 0 Å². The first kappa shape index (κ1) is 20.7. The van der Waals surface area contributed by atoms with Gasteiger partial charge in [0.25, 0.3) is 11.8 Å². The van der Waals surface area contributed by atoms with Crippen LogP contribution in [0.5, 0.6) is 0 Å². The van der Waals surface area contributed by atoms with E-state index in [4.69, 9.17) is 27.9 Å². The molecule has 0 unspecified atom stereocenters. The van der Waals surface area contributed by atoms with Gasteiger partial charge in [-0.05, 0) is 37.3 Å². The molecule has 1 atom stereocenters. The zero-order chi connectivity index (χ0) is 20.0. The number of amides is 2. The molecular formula is C18H15Cl2FN2O4. The monoisotopic (exact) mass is 412 g/mol. The summed E-state index contributed by atoms with van der Waals surface area (Å²) in [6.45, 7) is 0.739. The number of ether oxygens (including phenoxy) is 1. The maximum absolute atomic E-state index is 13.6. The molecule has 0 saturated heterocycles. The summed E-state index contributed by atoms with van der Waals surface area (Å²) >= 11 is 11.6. The Morgan fingerprint density at radius 3 is 2.56 bits per heavy atom. The molecule has 2 rings (SSSR count). The highest BCUT2D eigenvalue weighted by Gasteiger charge is 2.20. The van der Waals surface area contributed by atoms with E-state index in [1.165, 1.54) is 25.1 Å². The first-order valence-corrected chi connectivity index (χ1v) is 8.50. The Hall–Kier alpha value is -2.64. The van der Waals surface area contributed by atoms with Crippen molar-refractivity contribution < 1.29 is 23.5 Å². The molecule has 2 N–H and O–H groups in total. The SMILES string of the molecule is C[C@H](NC(=O)c1ccccc1Cl)C(=O)OCC(=O)Nc1cc(Cl)ccc1F. The number of esters is 1. The summed E-state index contributed by atoms with van der Waals surface area (Å²) in [6, 6.07) is 8.96. The highest BCUT2D eigenvalue weighted by Crippen LogP contribution is 2.19. The third-order valence-corrected chi connectivity index (χ3v) is 3.93. The molecule has 0 aliphatic heterocycles. The number of anilines is 1. The number of rotatable bonds is 6. The summed E-state index contributed by atoms with van der Waals surface area (Å²) in [5, 5.41) is 5.13. The largest absolute Gasteiger partial charge is 0.454 e. The number of benzene rings is 2. The van der Waals surface area contributed by atoms with Crippen LogP contribution in [0.4, 0.5) is 10.1 Å². The van der Waals surface area contributed by atoms with Crippen molar-refractivity contribution in [2.24, 2.45) is 0 Å². The zero-order valence-corrected chi connectivity index (χ0v) is 15.6. The lowest BCUT2D eigenvalue weighted by Gasteiger charge is -2.14. The molecule has 0 fully saturated rings. The van der Waals surface area contributed by atoms with Crippen molar-refractivity contribution in [1.82, 2.24) is 5.32 Å². The maximum Gasteiger partial charge on any atom is 0.328 e. The maximum atomic E-state index is 13.6. The Kier molecular flexibility index (Phi) is 7.15. The van der Waals surface area contributed by atoms with Crippen molar-refractivity contribution in [3.63, 3.8) is 0 Å². The van der Waals surface area contributed by atoms with Gasteiger partial charge in [0.05, 0.1) is 16.3 Å². The lowest BCUT2D eigenvalue weighted by molar-refractivity contribution is -0.148. The second-order valence-corrected chi connectivity index (χ2v) is 6.30. The van der Waals surface area contributed by atoms with E-state index < -0.39 is 36.2 Å². The lowest BCUT2D eigenvalue weighted by atomic mass is 10.2. The quantitative estimate of drug-likeness (QED) is 0.711. The molecule has 27 heavy (non-hydrogen) atoms. The molecule has 2 amide bonds. The molecule has 0 aliphatic carbocycles. The van der Waals surface area contributed by atoms with Crippen LogP contribution in [0.2, 0.25) is 10.0 Å². The number of halogens is 3. The Labute approximate surface area is 164 Å². The number of hydrogen-bond acceptors (Lipinski definition) is 4. The normalized spacial score (nSPS) is 11.4. The Bertz CT molecular complexity index is 876. The molecule has 0 radical (unpaired) electrons. The molecule has 6 nitrogen and oxygen atoms in total. The Morgan fingerprint density at radius 1 is 1.15 bits per heavy atom. The fourth-order valence-corrected chi connectivity index (χ4v) is 2.41. The lowest BCUT2D eigenvalue weighted by Crippen LogP contribution is -2.40. The Morgan fingerprint density at radius 2 is 1.85 bits per heavy atom. The van der Waals surface area contributed by atoms with Crippen LogP contribution in [0.15, 0.2) is 42.5 Å². The van der Waals surface area contributed by atoms with E-state index in [2.05, 4.69) is 10.6 Å². The zero-order valence-electron chi connectivity index (χ0n) is 14.1. The van der Waals surface area contributed by atoms with Crippen molar-refractivity contribution in [2.75, 3.05) is 11.9 Å². The van der Waals surface area contributed by atoms with Crippen LogP contribution < -0.4 is 10.6 Å². The molecule has 142 valence electrons. The van der Waals surface area contributed by atoms with Gasteiger partial charge in [-0.1, -0.05) is 35.3 Å². The summed E-state index contributed by atoms with van der Waals surface area (Å²) in [4.78, 5) is 35.8. The smallest absolute Gasteiger partial charge is 0.328 e. The van der Waals surface area contributed by atoms with E-state index in [0.717, 1.165) is 6.07 Å². The number of nitrogens with one attached hydrogen (secondary N) is 2. The van der Waals surface area contributed by atoms with Gasteiger partial charge >= 0.3 is 5.97 Å². The minimum absolute atomic E-state index is 0.136. The van der Waals surface area contributed by atoms with Crippen molar-refractivity contribution >= 4 is 46.7 Å². The molecule has 0 aromatic heterocycles. The molecule has 0 heterocycles. The van der Waals surface area contributed by atoms with Crippen LogP contribution >= 0.6 is 23.2 Å². The summed E-state index contributed by atoms with van der Waals surface area (Å²) in [7, 11) is 0. The van der Waals surface area contributed by atoms with Gasteiger partial charge < -0.3 is 15.4 Å².